The number of nitrogens with zero attached hydrogens (tertiary/aromatic N) is 2. The zero-order chi connectivity index (χ0) is 13.3. The van der Waals surface area contributed by atoms with Gasteiger partial charge in [0.1, 0.15) is 11.9 Å². The third-order valence-corrected chi connectivity index (χ3v) is 3.27. The van der Waals surface area contributed by atoms with Gasteiger partial charge in [0.25, 0.3) is 0 Å². The van der Waals surface area contributed by atoms with Crippen LogP contribution in [0, 0.1) is 0 Å². The third kappa shape index (κ3) is 2.32. The maximum absolute atomic E-state index is 10.3. The maximum atomic E-state index is 10.3. The quantitative estimate of drug-likeness (QED) is 0.944. The molecule has 0 saturated carbocycles. The van der Waals surface area contributed by atoms with Crippen molar-refractivity contribution in [2.24, 2.45) is 7.05 Å². The van der Waals surface area contributed by atoms with Crippen molar-refractivity contribution in [3.63, 3.8) is 0 Å². The molecule has 0 bridgehead atoms. The molecule has 6 heteroatoms. The molecule has 0 fully saturated rings. The van der Waals surface area contributed by atoms with Gasteiger partial charge in [0.05, 0.1) is 29.0 Å². The summed E-state index contributed by atoms with van der Waals surface area (Å²) in [5.74, 6) is 0.559. The number of hydrogen-bond donors (Lipinski definition) is 1. The summed E-state index contributed by atoms with van der Waals surface area (Å²) in [7, 11) is 3.25. The van der Waals surface area contributed by atoms with Gasteiger partial charge in [-0.25, -0.2) is 0 Å². The summed E-state index contributed by atoms with van der Waals surface area (Å²) in [6, 6.07) is 5.08. The highest BCUT2D eigenvalue weighted by molar-refractivity contribution is 6.32. The second kappa shape index (κ2) is 5.18. The normalized spacial score (nSPS) is 12.5. The van der Waals surface area contributed by atoms with Gasteiger partial charge < -0.3 is 9.84 Å². The number of hydrogen-bond acceptors (Lipinski definition) is 3. The van der Waals surface area contributed by atoms with E-state index in [4.69, 9.17) is 27.9 Å². The summed E-state index contributed by atoms with van der Waals surface area (Å²) in [6.07, 6.45) is 0.610. The van der Waals surface area contributed by atoms with Gasteiger partial charge in [-0.1, -0.05) is 29.3 Å². The fourth-order valence-corrected chi connectivity index (χ4v) is 2.27. The van der Waals surface area contributed by atoms with E-state index >= 15 is 0 Å². The number of benzene rings is 1. The molecule has 1 heterocycles. The number of aliphatic hydroxyl groups excluding tert-OH is 1. The highest BCUT2D eigenvalue weighted by Crippen LogP contribution is 2.32. The van der Waals surface area contributed by atoms with E-state index in [2.05, 4.69) is 5.10 Å². The summed E-state index contributed by atoms with van der Waals surface area (Å²) in [5, 5.41) is 15.1. The number of aliphatic hydroxyl groups is 1. The lowest BCUT2D eigenvalue weighted by Gasteiger charge is -2.13. The van der Waals surface area contributed by atoms with Crippen LogP contribution < -0.4 is 4.74 Å². The molecule has 0 amide bonds. The highest BCUT2D eigenvalue weighted by Gasteiger charge is 2.19. The second-order valence-corrected chi connectivity index (χ2v) is 4.61. The van der Waals surface area contributed by atoms with Crippen molar-refractivity contribution in [3.8, 4) is 5.75 Å². The predicted octanol–water partition coefficient (Wildman–Crippen LogP) is 2.82. The average Bonchev–Trinajstić information content (AvgIpc) is 2.68. The molecule has 2 rings (SSSR count). The molecule has 0 saturated heterocycles. The molecule has 0 aliphatic rings. The molecule has 0 aliphatic heterocycles. The maximum Gasteiger partial charge on any atom is 0.137 e. The molecule has 1 atom stereocenters. The van der Waals surface area contributed by atoms with Crippen LogP contribution in [-0.2, 0) is 7.05 Å². The molecule has 1 aromatic carbocycles. The summed E-state index contributed by atoms with van der Waals surface area (Å²) < 4.78 is 6.59. The lowest BCUT2D eigenvalue weighted by molar-refractivity contribution is 0.210. The first kappa shape index (κ1) is 13.2. The van der Waals surface area contributed by atoms with Crippen molar-refractivity contribution in [1.29, 1.82) is 0 Å². The lowest BCUT2D eigenvalue weighted by atomic mass is 10.1. The number of rotatable bonds is 3. The number of aryl methyl sites for hydroxylation is 1. The van der Waals surface area contributed by atoms with Crippen LogP contribution in [0.1, 0.15) is 17.4 Å². The van der Waals surface area contributed by atoms with Crippen LogP contribution in [0.25, 0.3) is 0 Å². The minimum atomic E-state index is -0.881. The number of halogens is 2. The first-order valence-electron chi connectivity index (χ1n) is 5.23. The first-order valence-corrected chi connectivity index (χ1v) is 5.99. The Morgan fingerprint density at radius 3 is 2.56 bits per heavy atom. The Balaban J connectivity index is 2.40. The fourth-order valence-electron chi connectivity index (χ4n) is 1.74. The minimum Gasteiger partial charge on any atom is -0.495 e. The van der Waals surface area contributed by atoms with Crippen LogP contribution in [0.15, 0.2) is 24.4 Å². The van der Waals surface area contributed by atoms with Gasteiger partial charge in [-0.15, -0.1) is 0 Å². The SMILES string of the molecule is COc1ccc(C(O)c2c(Cl)cnn2C)cc1Cl. The van der Waals surface area contributed by atoms with E-state index < -0.39 is 6.10 Å². The molecule has 4 nitrogen and oxygen atoms in total. The van der Waals surface area contributed by atoms with Gasteiger partial charge in [0, 0.05) is 7.05 Å². The Bertz CT molecular complexity index is 550. The Hall–Kier alpha value is -1.23. The van der Waals surface area contributed by atoms with E-state index in [0.29, 0.717) is 27.1 Å². The van der Waals surface area contributed by atoms with Gasteiger partial charge in [0.2, 0.25) is 0 Å². The number of ether oxygens (including phenoxy) is 1. The first-order chi connectivity index (χ1) is 8.54. The molecule has 0 aliphatic carbocycles. The van der Waals surface area contributed by atoms with Crippen LogP contribution in [0.5, 0.6) is 5.75 Å². The molecule has 0 spiro atoms. The molecular weight excluding hydrogens is 275 g/mol. The van der Waals surface area contributed by atoms with Crippen molar-refractivity contribution in [1.82, 2.24) is 9.78 Å². The molecule has 1 aromatic heterocycles. The van der Waals surface area contributed by atoms with Gasteiger partial charge in [-0.3, -0.25) is 4.68 Å². The molecule has 2 aromatic rings. The predicted molar refractivity (Wildman–Crippen MR) is 70.3 cm³/mol. The Kier molecular flexibility index (Phi) is 3.80. The zero-order valence-corrected chi connectivity index (χ0v) is 11.4. The molecule has 1 unspecified atom stereocenters. The minimum absolute atomic E-state index is 0.414. The number of aromatic nitrogens is 2. The third-order valence-electron chi connectivity index (χ3n) is 2.69. The van der Waals surface area contributed by atoms with Crippen LogP contribution in [0.2, 0.25) is 10.0 Å². The Labute approximate surface area is 115 Å². The molecule has 96 valence electrons. The zero-order valence-electron chi connectivity index (χ0n) is 9.89. The average molecular weight is 287 g/mol. The van der Waals surface area contributed by atoms with Gasteiger partial charge in [0.15, 0.2) is 0 Å². The number of methoxy groups -OCH3 is 1. The summed E-state index contributed by atoms with van der Waals surface area (Å²) in [4.78, 5) is 0. The molecular formula is C12H12Cl2N2O2. The molecule has 1 N–H and O–H groups in total. The monoisotopic (exact) mass is 286 g/mol. The van der Waals surface area contributed by atoms with E-state index in [9.17, 15) is 5.11 Å². The van der Waals surface area contributed by atoms with E-state index in [1.165, 1.54) is 18.0 Å². The second-order valence-electron chi connectivity index (χ2n) is 3.80. The van der Waals surface area contributed by atoms with Crippen molar-refractivity contribution in [2.75, 3.05) is 7.11 Å². The van der Waals surface area contributed by atoms with Crippen LogP contribution in [0.3, 0.4) is 0 Å². The van der Waals surface area contributed by atoms with Crippen LogP contribution in [0.4, 0.5) is 0 Å². The Morgan fingerprint density at radius 2 is 2.06 bits per heavy atom. The van der Waals surface area contributed by atoms with E-state index in [-0.39, 0.29) is 0 Å². The highest BCUT2D eigenvalue weighted by atomic mass is 35.5. The van der Waals surface area contributed by atoms with Crippen molar-refractivity contribution in [2.45, 2.75) is 6.10 Å². The summed E-state index contributed by atoms with van der Waals surface area (Å²) in [6.45, 7) is 0. The summed E-state index contributed by atoms with van der Waals surface area (Å²) in [5.41, 5.74) is 1.16. The van der Waals surface area contributed by atoms with Crippen molar-refractivity contribution >= 4 is 23.2 Å². The largest absolute Gasteiger partial charge is 0.495 e. The lowest BCUT2D eigenvalue weighted by Crippen LogP contribution is -2.07. The van der Waals surface area contributed by atoms with Crippen LogP contribution >= 0.6 is 23.2 Å². The van der Waals surface area contributed by atoms with Gasteiger partial charge in [-0.2, -0.15) is 5.10 Å². The van der Waals surface area contributed by atoms with E-state index in [0.717, 1.165) is 0 Å². The standard InChI is InChI=1S/C12H12Cl2N2O2/c1-16-11(9(14)6-15-16)12(17)7-3-4-10(18-2)8(13)5-7/h3-6,12,17H,1-2H3. The van der Waals surface area contributed by atoms with E-state index in [1.807, 2.05) is 0 Å². The van der Waals surface area contributed by atoms with Crippen molar-refractivity contribution < 1.29 is 9.84 Å². The molecule has 0 radical (unpaired) electrons. The Morgan fingerprint density at radius 1 is 1.33 bits per heavy atom. The van der Waals surface area contributed by atoms with Crippen molar-refractivity contribution in [3.05, 3.63) is 45.7 Å². The topological polar surface area (TPSA) is 47.3 Å². The van der Waals surface area contributed by atoms with Gasteiger partial charge >= 0.3 is 0 Å². The fraction of sp³-hybridized carbons (Fsp3) is 0.250. The summed E-state index contributed by atoms with van der Waals surface area (Å²) >= 11 is 12.0. The molecule has 18 heavy (non-hydrogen) atoms. The smallest absolute Gasteiger partial charge is 0.137 e. The van der Waals surface area contributed by atoms with Gasteiger partial charge in [-0.05, 0) is 17.7 Å². The van der Waals surface area contributed by atoms with Crippen LogP contribution in [-0.4, -0.2) is 22.0 Å². The van der Waals surface area contributed by atoms with E-state index in [1.54, 1.807) is 25.2 Å².